The molecule has 1 N–H and O–H groups in total. The van der Waals surface area contributed by atoms with E-state index in [0.29, 0.717) is 10.2 Å². The average Bonchev–Trinajstić information content (AvgIpc) is 2.70. The summed E-state index contributed by atoms with van der Waals surface area (Å²) in [6, 6.07) is 0. The Morgan fingerprint density at radius 2 is 2.11 bits per heavy atom. The Balaban J connectivity index is 2.40. The van der Waals surface area contributed by atoms with Gasteiger partial charge < -0.3 is 5.32 Å². The van der Waals surface area contributed by atoms with E-state index < -0.39 is 0 Å². The second-order valence-corrected chi connectivity index (χ2v) is 4.74. The summed E-state index contributed by atoms with van der Waals surface area (Å²) >= 11 is 3.28. The minimum absolute atomic E-state index is 0.179. The molecule has 0 amide bonds. The summed E-state index contributed by atoms with van der Waals surface area (Å²) in [6.45, 7) is 2.03. The maximum absolute atomic E-state index is 11.7. The molecular formula is C11H14BrN5O. The van der Waals surface area contributed by atoms with Crippen LogP contribution in [0.4, 0.5) is 11.4 Å². The predicted molar refractivity (Wildman–Crippen MR) is 73.0 cm³/mol. The number of halogens is 1. The fourth-order valence-corrected chi connectivity index (χ4v) is 2.10. The molecule has 0 spiro atoms. The van der Waals surface area contributed by atoms with Crippen molar-refractivity contribution in [2.24, 2.45) is 14.1 Å². The van der Waals surface area contributed by atoms with Crippen molar-refractivity contribution in [2.75, 3.05) is 5.32 Å². The number of aryl methyl sites for hydroxylation is 3. The highest BCUT2D eigenvalue weighted by Crippen LogP contribution is 2.23. The Hall–Kier alpha value is -1.63. The molecule has 0 unspecified atom stereocenters. The largest absolute Gasteiger partial charge is 0.350 e. The number of hydrogen-bond donors (Lipinski definition) is 1. The van der Waals surface area contributed by atoms with Crippen molar-refractivity contribution in [2.45, 2.75) is 13.3 Å². The summed E-state index contributed by atoms with van der Waals surface area (Å²) in [6.07, 6.45) is 4.31. The van der Waals surface area contributed by atoms with Gasteiger partial charge in [-0.3, -0.25) is 9.48 Å². The van der Waals surface area contributed by atoms with Crippen molar-refractivity contribution < 1.29 is 0 Å². The second kappa shape index (κ2) is 4.93. The number of aromatic nitrogens is 4. The van der Waals surface area contributed by atoms with E-state index in [1.54, 1.807) is 17.9 Å². The number of nitrogens with zero attached hydrogens (tertiary/aromatic N) is 4. The standard InChI is InChI=1S/C11H14BrN5O/c1-4-7-9(6-16(2)15-7)14-8-5-13-17(3)11(18)10(8)12/h5-6,14H,4H2,1-3H3. The van der Waals surface area contributed by atoms with Gasteiger partial charge in [-0.1, -0.05) is 6.92 Å². The SMILES string of the molecule is CCc1nn(C)cc1Nc1cnn(C)c(=O)c1Br. The summed E-state index contributed by atoms with van der Waals surface area (Å²) in [5, 5.41) is 11.5. The smallest absolute Gasteiger partial charge is 0.282 e. The summed E-state index contributed by atoms with van der Waals surface area (Å²) in [5.41, 5.74) is 2.29. The summed E-state index contributed by atoms with van der Waals surface area (Å²) < 4.78 is 3.48. The molecule has 2 aromatic heterocycles. The van der Waals surface area contributed by atoms with E-state index in [2.05, 4.69) is 31.4 Å². The van der Waals surface area contributed by atoms with Gasteiger partial charge in [0, 0.05) is 20.3 Å². The van der Waals surface area contributed by atoms with Gasteiger partial charge in [-0.2, -0.15) is 10.2 Å². The molecule has 6 nitrogen and oxygen atoms in total. The van der Waals surface area contributed by atoms with Crippen LogP contribution >= 0.6 is 15.9 Å². The third-order valence-electron chi connectivity index (χ3n) is 2.59. The third-order valence-corrected chi connectivity index (χ3v) is 3.35. The Labute approximate surface area is 113 Å². The summed E-state index contributed by atoms with van der Waals surface area (Å²) in [5.74, 6) is 0. The molecule has 0 aliphatic heterocycles. The van der Waals surface area contributed by atoms with Crippen LogP contribution in [-0.4, -0.2) is 19.6 Å². The van der Waals surface area contributed by atoms with Gasteiger partial charge in [0.2, 0.25) is 0 Å². The molecular weight excluding hydrogens is 298 g/mol. The molecule has 7 heteroatoms. The minimum atomic E-state index is -0.179. The first-order valence-corrected chi connectivity index (χ1v) is 6.33. The highest BCUT2D eigenvalue weighted by atomic mass is 79.9. The first-order chi connectivity index (χ1) is 8.52. The minimum Gasteiger partial charge on any atom is -0.350 e. The van der Waals surface area contributed by atoms with Crippen LogP contribution in [0.5, 0.6) is 0 Å². The molecule has 2 aromatic rings. The number of rotatable bonds is 3. The zero-order chi connectivity index (χ0) is 13.3. The van der Waals surface area contributed by atoms with Crippen LogP contribution in [0.15, 0.2) is 21.7 Å². The molecule has 0 fully saturated rings. The molecule has 0 aliphatic rings. The van der Waals surface area contributed by atoms with Crippen LogP contribution in [-0.2, 0) is 20.5 Å². The molecule has 2 heterocycles. The van der Waals surface area contributed by atoms with Gasteiger partial charge in [-0.25, -0.2) is 4.68 Å². The zero-order valence-corrected chi connectivity index (χ0v) is 12.0. The van der Waals surface area contributed by atoms with Gasteiger partial charge in [0.05, 0.1) is 23.3 Å². The molecule has 0 aliphatic carbocycles. The molecule has 0 bridgehead atoms. The molecule has 2 rings (SSSR count). The van der Waals surface area contributed by atoms with Crippen LogP contribution in [0.3, 0.4) is 0 Å². The predicted octanol–water partition coefficient (Wildman–Crippen LogP) is 1.58. The molecule has 0 atom stereocenters. The molecule has 0 radical (unpaired) electrons. The molecule has 18 heavy (non-hydrogen) atoms. The van der Waals surface area contributed by atoms with E-state index in [1.165, 1.54) is 4.68 Å². The first kappa shape index (κ1) is 12.8. The zero-order valence-electron chi connectivity index (χ0n) is 10.4. The summed E-state index contributed by atoms with van der Waals surface area (Å²) in [7, 11) is 3.47. The van der Waals surface area contributed by atoms with E-state index >= 15 is 0 Å². The fourth-order valence-electron chi connectivity index (χ4n) is 1.64. The Bertz CT molecular complexity index is 631. The molecule has 96 valence electrons. The third kappa shape index (κ3) is 2.31. The lowest BCUT2D eigenvalue weighted by atomic mass is 10.3. The van der Waals surface area contributed by atoms with Gasteiger partial charge >= 0.3 is 0 Å². The monoisotopic (exact) mass is 311 g/mol. The van der Waals surface area contributed by atoms with Crippen molar-refractivity contribution in [3.8, 4) is 0 Å². The van der Waals surface area contributed by atoms with E-state index in [1.807, 2.05) is 20.2 Å². The first-order valence-electron chi connectivity index (χ1n) is 5.54. The van der Waals surface area contributed by atoms with Crippen LogP contribution in [0, 0.1) is 0 Å². The Morgan fingerprint density at radius 1 is 1.39 bits per heavy atom. The van der Waals surface area contributed by atoms with Gasteiger partial charge in [-0.15, -0.1) is 0 Å². The summed E-state index contributed by atoms with van der Waals surface area (Å²) in [4.78, 5) is 11.7. The Morgan fingerprint density at radius 3 is 2.78 bits per heavy atom. The lowest BCUT2D eigenvalue weighted by Crippen LogP contribution is -2.20. The van der Waals surface area contributed by atoms with Crippen molar-refractivity contribution in [1.29, 1.82) is 0 Å². The lowest BCUT2D eigenvalue weighted by Gasteiger charge is -2.07. The maximum atomic E-state index is 11.7. The van der Waals surface area contributed by atoms with E-state index in [9.17, 15) is 4.79 Å². The number of hydrogen-bond acceptors (Lipinski definition) is 4. The van der Waals surface area contributed by atoms with Crippen molar-refractivity contribution in [3.05, 3.63) is 32.9 Å². The maximum Gasteiger partial charge on any atom is 0.282 e. The quantitative estimate of drug-likeness (QED) is 0.934. The molecule has 0 saturated carbocycles. The highest BCUT2D eigenvalue weighted by molar-refractivity contribution is 9.10. The normalized spacial score (nSPS) is 10.7. The van der Waals surface area contributed by atoms with Gasteiger partial charge in [0.1, 0.15) is 4.47 Å². The van der Waals surface area contributed by atoms with E-state index in [0.717, 1.165) is 17.8 Å². The van der Waals surface area contributed by atoms with Crippen molar-refractivity contribution in [3.63, 3.8) is 0 Å². The van der Waals surface area contributed by atoms with Crippen LogP contribution in [0.1, 0.15) is 12.6 Å². The van der Waals surface area contributed by atoms with Crippen molar-refractivity contribution >= 4 is 27.3 Å². The van der Waals surface area contributed by atoms with E-state index in [4.69, 9.17) is 0 Å². The van der Waals surface area contributed by atoms with Crippen LogP contribution in [0.25, 0.3) is 0 Å². The van der Waals surface area contributed by atoms with Crippen LogP contribution < -0.4 is 10.9 Å². The fraction of sp³-hybridized carbons (Fsp3) is 0.364. The highest BCUT2D eigenvalue weighted by Gasteiger charge is 2.10. The van der Waals surface area contributed by atoms with Gasteiger partial charge in [0.25, 0.3) is 5.56 Å². The number of nitrogens with one attached hydrogen (secondary N) is 1. The second-order valence-electron chi connectivity index (χ2n) is 3.94. The van der Waals surface area contributed by atoms with Crippen molar-refractivity contribution in [1.82, 2.24) is 19.6 Å². The average molecular weight is 312 g/mol. The van der Waals surface area contributed by atoms with Gasteiger partial charge in [0.15, 0.2) is 0 Å². The van der Waals surface area contributed by atoms with E-state index in [-0.39, 0.29) is 5.56 Å². The van der Waals surface area contributed by atoms with Crippen LogP contribution in [0.2, 0.25) is 0 Å². The number of anilines is 2. The lowest BCUT2D eigenvalue weighted by molar-refractivity contribution is 0.704. The molecule has 0 aromatic carbocycles. The topological polar surface area (TPSA) is 64.7 Å². The van der Waals surface area contributed by atoms with Gasteiger partial charge in [-0.05, 0) is 22.4 Å². The molecule has 0 saturated heterocycles. The Kier molecular flexibility index (Phi) is 3.51.